The Kier molecular flexibility index (Phi) is 3.96. The molecule has 0 spiro atoms. The molecule has 1 heterocycles. The van der Waals surface area contributed by atoms with Crippen molar-refractivity contribution in [2.75, 3.05) is 13.1 Å². The molecular weight excluding hydrogens is 196 g/mol. The van der Waals surface area contributed by atoms with Crippen molar-refractivity contribution < 1.29 is 14.4 Å². The first-order chi connectivity index (χ1) is 7.00. The number of piperazine rings is 1. The average molecular weight is 212 g/mol. The van der Waals surface area contributed by atoms with Crippen LogP contribution in [0.1, 0.15) is 26.7 Å². The number of rotatable bonds is 4. The monoisotopic (exact) mass is 212 g/mol. The summed E-state index contributed by atoms with van der Waals surface area (Å²) in [5.74, 6) is -0.384. The molecule has 0 radical (unpaired) electrons. The van der Waals surface area contributed by atoms with Crippen LogP contribution in [0.3, 0.4) is 0 Å². The predicted molar refractivity (Wildman–Crippen MR) is 54.1 cm³/mol. The molecule has 5 heteroatoms. The van der Waals surface area contributed by atoms with Gasteiger partial charge in [0.15, 0.2) is 0 Å². The second-order valence-corrected chi connectivity index (χ2v) is 3.86. The third kappa shape index (κ3) is 3.43. The van der Waals surface area contributed by atoms with Crippen LogP contribution in [0, 0.1) is 0 Å². The molecule has 0 aromatic heterocycles. The van der Waals surface area contributed by atoms with E-state index in [-0.39, 0.29) is 30.2 Å². The highest BCUT2D eigenvalue weighted by molar-refractivity contribution is 6.00. The maximum atomic E-state index is 11.3. The number of carbonyl (C=O) groups is 3. The molecule has 1 saturated heterocycles. The summed E-state index contributed by atoms with van der Waals surface area (Å²) >= 11 is 0. The zero-order valence-electron chi connectivity index (χ0n) is 9.08. The first-order valence-electron chi connectivity index (χ1n) is 5.08. The van der Waals surface area contributed by atoms with Crippen LogP contribution >= 0.6 is 0 Å². The molecule has 0 aromatic rings. The maximum absolute atomic E-state index is 11.3. The molecule has 0 aromatic carbocycles. The largest absolute Gasteiger partial charge is 0.300 e. The lowest BCUT2D eigenvalue weighted by Gasteiger charge is -2.31. The Morgan fingerprint density at radius 2 is 2.20 bits per heavy atom. The third-order valence-corrected chi connectivity index (χ3v) is 2.51. The average Bonchev–Trinajstić information content (AvgIpc) is 2.12. The Morgan fingerprint density at radius 1 is 1.53 bits per heavy atom. The van der Waals surface area contributed by atoms with Crippen molar-refractivity contribution in [2.24, 2.45) is 0 Å². The second-order valence-electron chi connectivity index (χ2n) is 3.86. The Morgan fingerprint density at radius 3 is 2.80 bits per heavy atom. The highest BCUT2D eigenvalue weighted by Gasteiger charge is 2.29. The van der Waals surface area contributed by atoms with Crippen LogP contribution in [-0.4, -0.2) is 41.6 Å². The summed E-state index contributed by atoms with van der Waals surface area (Å²) < 4.78 is 0. The number of Topliss-reactive ketones (excluding diaryl/α,β-unsaturated/α-hetero) is 1. The van der Waals surface area contributed by atoms with Gasteiger partial charge in [-0.25, -0.2) is 0 Å². The lowest BCUT2D eigenvalue weighted by atomic mass is 10.1. The zero-order chi connectivity index (χ0) is 11.4. The predicted octanol–water partition coefficient (Wildman–Crippen LogP) is -0.297. The zero-order valence-corrected chi connectivity index (χ0v) is 9.08. The van der Waals surface area contributed by atoms with E-state index in [0.29, 0.717) is 19.4 Å². The highest BCUT2D eigenvalue weighted by atomic mass is 16.2. The molecule has 1 aliphatic rings. The summed E-state index contributed by atoms with van der Waals surface area (Å²) in [6.07, 6.45) is 1.19. The minimum absolute atomic E-state index is 0.135. The molecule has 15 heavy (non-hydrogen) atoms. The Bertz CT molecular complexity index is 288. The van der Waals surface area contributed by atoms with Crippen molar-refractivity contribution in [3.63, 3.8) is 0 Å². The summed E-state index contributed by atoms with van der Waals surface area (Å²) in [5.41, 5.74) is 0. The summed E-state index contributed by atoms with van der Waals surface area (Å²) in [6.45, 7) is 4.15. The van der Waals surface area contributed by atoms with Crippen molar-refractivity contribution in [2.45, 2.75) is 32.7 Å². The lowest BCUT2D eigenvalue weighted by Crippen LogP contribution is -2.56. The van der Waals surface area contributed by atoms with E-state index in [1.807, 2.05) is 0 Å². The topological polar surface area (TPSA) is 66.5 Å². The molecule has 0 aliphatic carbocycles. The Balaban J connectivity index is 2.42. The maximum Gasteiger partial charge on any atom is 0.243 e. The number of nitrogens with zero attached hydrogens (tertiary/aromatic N) is 1. The van der Waals surface area contributed by atoms with Crippen LogP contribution in [-0.2, 0) is 14.4 Å². The van der Waals surface area contributed by atoms with Gasteiger partial charge in [-0.15, -0.1) is 0 Å². The van der Waals surface area contributed by atoms with Gasteiger partial charge in [0.25, 0.3) is 0 Å². The number of carbonyl (C=O) groups excluding carboxylic acids is 3. The minimum Gasteiger partial charge on any atom is -0.300 e. The van der Waals surface area contributed by atoms with Crippen molar-refractivity contribution in [3.05, 3.63) is 0 Å². The molecular formula is C10H16N2O3. The van der Waals surface area contributed by atoms with E-state index < -0.39 is 0 Å². The normalized spacial score (nSPS) is 22.7. The van der Waals surface area contributed by atoms with Gasteiger partial charge < -0.3 is 4.79 Å². The summed E-state index contributed by atoms with van der Waals surface area (Å²) in [7, 11) is 0. The van der Waals surface area contributed by atoms with Gasteiger partial charge in [0.1, 0.15) is 5.78 Å². The Hall–Kier alpha value is -1.23. The van der Waals surface area contributed by atoms with Gasteiger partial charge >= 0.3 is 0 Å². The van der Waals surface area contributed by atoms with Crippen molar-refractivity contribution in [1.82, 2.24) is 10.2 Å². The standard InChI is InChI=1S/C10H16N2O3/c1-7(13)4-3-5-12-6-9(14)11-10(15)8(12)2/h8H,3-6H2,1-2H3,(H,11,14,15). The molecule has 1 unspecified atom stereocenters. The van der Waals surface area contributed by atoms with E-state index in [9.17, 15) is 14.4 Å². The quantitative estimate of drug-likeness (QED) is 0.650. The third-order valence-electron chi connectivity index (χ3n) is 2.51. The summed E-state index contributed by atoms with van der Waals surface area (Å²) in [6, 6.07) is -0.283. The number of imide groups is 1. The molecule has 1 N–H and O–H groups in total. The fourth-order valence-electron chi connectivity index (χ4n) is 1.57. The van der Waals surface area contributed by atoms with Crippen LogP contribution in [0.5, 0.6) is 0 Å². The van der Waals surface area contributed by atoms with E-state index in [1.54, 1.807) is 11.8 Å². The lowest BCUT2D eigenvalue weighted by molar-refractivity contribution is -0.139. The van der Waals surface area contributed by atoms with Gasteiger partial charge in [-0.3, -0.25) is 19.8 Å². The van der Waals surface area contributed by atoms with E-state index >= 15 is 0 Å². The van der Waals surface area contributed by atoms with E-state index in [4.69, 9.17) is 0 Å². The van der Waals surface area contributed by atoms with E-state index in [1.165, 1.54) is 6.92 Å². The molecule has 0 saturated carbocycles. The molecule has 1 aliphatic heterocycles. The molecule has 2 amide bonds. The van der Waals surface area contributed by atoms with Gasteiger partial charge in [-0.05, 0) is 26.8 Å². The molecule has 84 valence electrons. The van der Waals surface area contributed by atoms with Crippen molar-refractivity contribution in [3.8, 4) is 0 Å². The van der Waals surface area contributed by atoms with Gasteiger partial charge in [-0.1, -0.05) is 0 Å². The van der Waals surface area contributed by atoms with E-state index in [0.717, 1.165) is 0 Å². The summed E-state index contributed by atoms with van der Waals surface area (Å²) in [4.78, 5) is 34.9. The van der Waals surface area contributed by atoms with Crippen LogP contribution in [0.4, 0.5) is 0 Å². The van der Waals surface area contributed by atoms with Crippen LogP contribution in [0.15, 0.2) is 0 Å². The van der Waals surface area contributed by atoms with E-state index in [2.05, 4.69) is 5.32 Å². The number of nitrogens with one attached hydrogen (secondary N) is 1. The fourth-order valence-corrected chi connectivity index (χ4v) is 1.57. The SMILES string of the molecule is CC(=O)CCCN1CC(=O)NC(=O)C1C. The number of amides is 2. The minimum atomic E-state index is -0.283. The van der Waals surface area contributed by atoms with Crippen LogP contribution in [0.2, 0.25) is 0 Å². The van der Waals surface area contributed by atoms with Gasteiger partial charge in [0.2, 0.25) is 11.8 Å². The number of ketones is 1. The molecule has 1 rings (SSSR count). The van der Waals surface area contributed by atoms with Gasteiger partial charge in [-0.2, -0.15) is 0 Å². The van der Waals surface area contributed by atoms with Crippen LogP contribution < -0.4 is 5.32 Å². The highest BCUT2D eigenvalue weighted by Crippen LogP contribution is 2.06. The smallest absolute Gasteiger partial charge is 0.243 e. The first kappa shape index (κ1) is 11.8. The second kappa shape index (κ2) is 5.02. The number of hydrogen-bond donors (Lipinski definition) is 1. The van der Waals surface area contributed by atoms with Crippen molar-refractivity contribution >= 4 is 17.6 Å². The number of hydrogen-bond acceptors (Lipinski definition) is 4. The van der Waals surface area contributed by atoms with Gasteiger partial charge in [0.05, 0.1) is 12.6 Å². The first-order valence-corrected chi connectivity index (χ1v) is 5.08. The van der Waals surface area contributed by atoms with Crippen LogP contribution in [0.25, 0.3) is 0 Å². The Labute approximate surface area is 88.8 Å². The molecule has 1 fully saturated rings. The molecule has 5 nitrogen and oxygen atoms in total. The summed E-state index contributed by atoms with van der Waals surface area (Å²) in [5, 5.41) is 2.27. The fraction of sp³-hybridized carbons (Fsp3) is 0.700. The molecule has 1 atom stereocenters. The van der Waals surface area contributed by atoms with Crippen molar-refractivity contribution in [1.29, 1.82) is 0 Å². The van der Waals surface area contributed by atoms with Gasteiger partial charge in [0, 0.05) is 6.42 Å². The molecule has 0 bridgehead atoms.